The average Bonchev–Trinajstić information content (AvgIpc) is 2.72. The fraction of sp³-hybridized carbons (Fsp3) is 0.450. The molecule has 0 atom stereocenters. The molecule has 33 heavy (non-hydrogen) atoms. The van der Waals surface area contributed by atoms with Crippen LogP contribution >= 0.6 is 0 Å². The number of H-pyrrole nitrogens is 1. The predicted octanol–water partition coefficient (Wildman–Crippen LogP) is 2.52. The van der Waals surface area contributed by atoms with Gasteiger partial charge in [-0.1, -0.05) is 27.2 Å². The van der Waals surface area contributed by atoms with Crippen molar-refractivity contribution in [1.29, 1.82) is 0 Å². The summed E-state index contributed by atoms with van der Waals surface area (Å²) in [5.41, 5.74) is -1.44. The number of alkyl halides is 3. The summed E-state index contributed by atoms with van der Waals surface area (Å²) in [7, 11) is -5.58. The Kier molecular flexibility index (Phi) is 7.78. The number of carbonyl (C=O) groups excluding carboxylic acids is 1. The van der Waals surface area contributed by atoms with Crippen molar-refractivity contribution in [3.8, 4) is 0 Å². The lowest BCUT2D eigenvalue weighted by atomic mass is 10.1. The molecular formula is C20H25F3N4O5S. The van der Waals surface area contributed by atoms with E-state index < -0.39 is 37.4 Å². The number of hydrogen-bond acceptors (Lipinski definition) is 6. The van der Waals surface area contributed by atoms with Gasteiger partial charge in [0, 0.05) is 18.7 Å². The number of nitrogens with zero attached hydrogens (tertiary/aromatic N) is 2. The maximum atomic E-state index is 13.2. The number of rotatable bonds is 8. The summed E-state index contributed by atoms with van der Waals surface area (Å²) in [4.78, 5) is 40.2. The van der Waals surface area contributed by atoms with Crippen molar-refractivity contribution < 1.29 is 26.4 Å². The van der Waals surface area contributed by atoms with Gasteiger partial charge >= 0.3 is 11.2 Å². The summed E-state index contributed by atoms with van der Waals surface area (Å²) in [5.74, 6) is -1.02. The van der Waals surface area contributed by atoms with E-state index in [9.17, 15) is 36.0 Å². The molecule has 0 aliphatic heterocycles. The summed E-state index contributed by atoms with van der Waals surface area (Å²) in [6.45, 7) is 5.70. The van der Waals surface area contributed by atoms with E-state index in [4.69, 9.17) is 5.73 Å². The van der Waals surface area contributed by atoms with Crippen LogP contribution in [-0.4, -0.2) is 35.9 Å². The number of halogens is 3. The van der Waals surface area contributed by atoms with Crippen molar-refractivity contribution >= 4 is 27.2 Å². The highest BCUT2D eigenvalue weighted by atomic mass is 32.2. The molecule has 2 rings (SSSR count). The minimum Gasteiger partial charge on any atom is -0.383 e. The molecule has 0 saturated carbocycles. The summed E-state index contributed by atoms with van der Waals surface area (Å²) in [6.07, 6.45) is 1.09. The number of carbonyl (C=O) groups is 1. The number of benzene rings is 1. The molecule has 0 aliphatic rings. The molecule has 182 valence electrons. The van der Waals surface area contributed by atoms with Gasteiger partial charge in [0.25, 0.3) is 21.3 Å². The molecule has 1 aromatic carbocycles. The van der Waals surface area contributed by atoms with E-state index in [1.54, 1.807) is 0 Å². The first-order valence-corrected chi connectivity index (χ1v) is 11.6. The zero-order valence-corrected chi connectivity index (χ0v) is 19.1. The first-order valence-electron chi connectivity index (χ1n) is 10.1. The van der Waals surface area contributed by atoms with E-state index in [2.05, 4.69) is 4.98 Å². The van der Waals surface area contributed by atoms with Crippen molar-refractivity contribution in [1.82, 2.24) is 9.55 Å². The molecule has 2 aromatic rings. The van der Waals surface area contributed by atoms with Crippen LogP contribution in [0.2, 0.25) is 0 Å². The van der Waals surface area contributed by atoms with Gasteiger partial charge in [-0.3, -0.25) is 19.1 Å². The molecule has 0 radical (unpaired) electrons. The molecule has 0 spiro atoms. The molecular weight excluding hydrogens is 465 g/mol. The molecule has 0 saturated heterocycles. The molecule has 0 unspecified atom stereocenters. The Hall–Kier alpha value is -3.09. The highest BCUT2D eigenvalue weighted by molar-refractivity contribution is 7.92. The third-order valence-electron chi connectivity index (χ3n) is 4.73. The van der Waals surface area contributed by atoms with Crippen LogP contribution in [0.4, 0.5) is 24.7 Å². The van der Waals surface area contributed by atoms with Gasteiger partial charge in [-0.25, -0.2) is 13.2 Å². The van der Waals surface area contributed by atoms with Gasteiger partial charge in [-0.15, -0.1) is 0 Å². The second-order valence-corrected chi connectivity index (χ2v) is 9.72. The Morgan fingerprint density at radius 2 is 1.76 bits per heavy atom. The Labute approximate surface area is 187 Å². The number of unbranched alkanes of at least 4 members (excludes halogenated alkanes) is 1. The van der Waals surface area contributed by atoms with Crippen molar-refractivity contribution in [2.75, 3.05) is 17.2 Å². The van der Waals surface area contributed by atoms with Gasteiger partial charge in [0.1, 0.15) is 5.82 Å². The normalized spacial score (nSPS) is 12.2. The van der Waals surface area contributed by atoms with Crippen molar-refractivity contribution in [2.24, 2.45) is 5.92 Å². The van der Waals surface area contributed by atoms with E-state index in [0.29, 0.717) is 25.0 Å². The lowest BCUT2D eigenvalue weighted by Gasteiger charge is -2.25. The van der Waals surface area contributed by atoms with Crippen LogP contribution in [0.3, 0.4) is 0 Å². The van der Waals surface area contributed by atoms with E-state index in [1.165, 1.54) is 0 Å². The molecule has 1 aromatic heterocycles. The van der Waals surface area contributed by atoms with Crippen LogP contribution in [-0.2, 0) is 16.4 Å². The van der Waals surface area contributed by atoms with Crippen LogP contribution in [0.25, 0.3) is 0 Å². The van der Waals surface area contributed by atoms with Gasteiger partial charge in [0.15, 0.2) is 5.69 Å². The van der Waals surface area contributed by atoms with E-state index >= 15 is 0 Å². The van der Waals surface area contributed by atoms with Crippen LogP contribution in [0.15, 0.2) is 38.8 Å². The minimum absolute atomic E-state index is 0.00771. The van der Waals surface area contributed by atoms with Crippen molar-refractivity contribution in [3.05, 3.63) is 50.7 Å². The average molecular weight is 491 g/mol. The highest BCUT2D eigenvalue weighted by Crippen LogP contribution is 2.30. The molecule has 3 N–H and O–H groups in total. The minimum atomic E-state index is -5.58. The number of aromatic amines is 1. The lowest BCUT2D eigenvalue weighted by Crippen LogP contribution is -2.42. The molecule has 13 heteroatoms. The standard InChI is InChI=1S/C20H25F3N4O5S/c1-4-5-10-26(15-16(24)27(11-12(2)3)19(30)25-17(15)28)18(29)13-6-8-14(9-7-13)33(31,32)20(21,22)23/h6-9,12H,4-5,10-11,24H2,1-3H3,(H,25,28,30). The second kappa shape index (κ2) is 9.81. The van der Waals surface area contributed by atoms with Gasteiger partial charge in [-0.05, 0) is 36.6 Å². The smallest absolute Gasteiger partial charge is 0.383 e. The van der Waals surface area contributed by atoms with Crippen LogP contribution in [0.1, 0.15) is 44.0 Å². The highest BCUT2D eigenvalue weighted by Gasteiger charge is 2.46. The van der Waals surface area contributed by atoms with Crippen LogP contribution < -0.4 is 21.9 Å². The fourth-order valence-electron chi connectivity index (χ4n) is 3.08. The molecule has 0 aliphatic carbocycles. The Balaban J connectivity index is 2.58. The number of hydrogen-bond donors (Lipinski definition) is 2. The number of amides is 1. The van der Waals surface area contributed by atoms with Crippen molar-refractivity contribution in [2.45, 2.75) is 50.6 Å². The first kappa shape index (κ1) is 26.2. The van der Waals surface area contributed by atoms with Gasteiger partial charge in [-0.2, -0.15) is 13.2 Å². The van der Waals surface area contributed by atoms with Gasteiger partial charge in [0.2, 0.25) is 0 Å². The largest absolute Gasteiger partial charge is 0.501 e. The lowest BCUT2D eigenvalue weighted by molar-refractivity contribution is -0.0436. The Bertz CT molecular complexity index is 1230. The Morgan fingerprint density at radius 3 is 2.24 bits per heavy atom. The van der Waals surface area contributed by atoms with Gasteiger partial charge in [0.05, 0.1) is 4.90 Å². The Morgan fingerprint density at radius 1 is 1.18 bits per heavy atom. The van der Waals surface area contributed by atoms with E-state index in [-0.39, 0.29) is 36.1 Å². The van der Waals surface area contributed by atoms with Gasteiger partial charge < -0.3 is 10.6 Å². The molecule has 1 heterocycles. The maximum Gasteiger partial charge on any atom is 0.501 e. The van der Waals surface area contributed by atoms with E-state index in [0.717, 1.165) is 21.6 Å². The molecule has 1 amide bonds. The summed E-state index contributed by atoms with van der Waals surface area (Å²) in [6, 6.07) is 3.19. The number of nitrogens with one attached hydrogen (secondary N) is 1. The zero-order chi connectivity index (χ0) is 25.1. The summed E-state index contributed by atoms with van der Waals surface area (Å²) < 4.78 is 62.6. The number of anilines is 2. The zero-order valence-electron chi connectivity index (χ0n) is 18.3. The topological polar surface area (TPSA) is 135 Å². The summed E-state index contributed by atoms with van der Waals surface area (Å²) >= 11 is 0. The quantitative estimate of drug-likeness (QED) is 0.584. The van der Waals surface area contributed by atoms with Crippen LogP contribution in [0.5, 0.6) is 0 Å². The first-order chi connectivity index (χ1) is 15.2. The monoisotopic (exact) mass is 490 g/mol. The van der Waals surface area contributed by atoms with E-state index in [1.807, 2.05) is 20.8 Å². The number of nitrogen functional groups attached to an aromatic ring is 1. The number of aromatic nitrogens is 2. The molecule has 0 bridgehead atoms. The van der Waals surface area contributed by atoms with Crippen LogP contribution in [0, 0.1) is 5.92 Å². The third-order valence-corrected chi connectivity index (χ3v) is 6.23. The third kappa shape index (κ3) is 5.46. The number of sulfone groups is 1. The van der Waals surface area contributed by atoms with Crippen molar-refractivity contribution in [3.63, 3.8) is 0 Å². The summed E-state index contributed by atoms with van der Waals surface area (Å²) in [5, 5.41) is 0. The molecule has 9 nitrogen and oxygen atoms in total. The molecule has 0 fully saturated rings. The fourth-order valence-corrected chi connectivity index (χ4v) is 3.84. The predicted molar refractivity (Wildman–Crippen MR) is 117 cm³/mol. The SMILES string of the molecule is CCCCN(C(=O)c1ccc(S(=O)(=O)C(F)(F)F)cc1)c1c(N)n(CC(C)C)c(=O)[nH]c1=O. The maximum absolute atomic E-state index is 13.2. The second-order valence-electron chi connectivity index (χ2n) is 7.78. The number of nitrogens with two attached hydrogens (primary N) is 1.